The van der Waals surface area contributed by atoms with Crippen molar-refractivity contribution in [3.05, 3.63) is 0 Å². The number of nitrogens with zero attached hydrogens (tertiary/aromatic N) is 1. The van der Waals surface area contributed by atoms with Gasteiger partial charge in [-0.3, -0.25) is 0 Å². The Balaban J connectivity index is 3.92. The molecule has 78 valence electrons. The van der Waals surface area contributed by atoms with Crippen molar-refractivity contribution in [2.24, 2.45) is 0 Å². The fraction of sp³-hybridized carbons (Fsp3) is 0.889. The normalized spacial score (nSPS) is 11.2. The molecule has 13 heavy (non-hydrogen) atoms. The molecule has 0 fully saturated rings. The lowest BCUT2D eigenvalue weighted by Crippen LogP contribution is -2.45. The minimum atomic E-state index is -0.758. The quantitative estimate of drug-likeness (QED) is 0.686. The minimum absolute atomic E-state index is 0.166. The van der Waals surface area contributed by atoms with E-state index in [-0.39, 0.29) is 6.03 Å². The van der Waals surface area contributed by atoms with Crippen molar-refractivity contribution >= 4 is 6.03 Å². The summed E-state index contributed by atoms with van der Waals surface area (Å²) in [5.74, 6) is 0. The zero-order chi connectivity index (χ0) is 10.5. The van der Waals surface area contributed by atoms with Gasteiger partial charge in [-0.05, 0) is 12.8 Å². The lowest BCUT2D eigenvalue weighted by molar-refractivity contribution is 0.0341. The minimum Gasteiger partial charge on any atom is -0.388 e. The summed E-state index contributed by atoms with van der Waals surface area (Å²) in [6.45, 7) is 4.13. The number of carbonyl (C=O) groups excluding carboxylic acids is 1. The molecule has 0 aliphatic rings. The van der Waals surface area contributed by atoms with Crippen LogP contribution >= 0.6 is 0 Å². The van der Waals surface area contributed by atoms with Crippen LogP contribution in [0.3, 0.4) is 0 Å². The summed E-state index contributed by atoms with van der Waals surface area (Å²) in [5, 5.41) is 12.5. The van der Waals surface area contributed by atoms with Gasteiger partial charge in [0.1, 0.15) is 0 Å². The van der Waals surface area contributed by atoms with Gasteiger partial charge in [0.25, 0.3) is 0 Å². The van der Waals surface area contributed by atoms with Gasteiger partial charge in [0.15, 0.2) is 0 Å². The number of hydrogen-bond acceptors (Lipinski definition) is 2. The predicted octanol–water partition coefficient (Wildman–Crippen LogP) is 0.809. The number of urea groups is 1. The third-order valence-corrected chi connectivity index (χ3v) is 2.29. The van der Waals surface area contributed by atoms with E-state index in [0.717, 1.165) is 0 Å². The van der Waals surface area contributed by atoms with Gasteiger partial charge in [0.05, 0.1) is 5.60 Å². The van der Waals surface area contributed by atoms with E-state index < -0.39 is 5.60 Å². The third-order valence-electron chi connectivity index (χ3n) is 2.29. The molecule has 0 saturated carbocycles. The van der Waals surface area contributed by atoms with Gasteiger partial charge >= 0.3 is 6.03 Å². The lowest BCUT2D eigenvalue weighted by atomic mass is 9.98. The molecule has 0 rings (SSSR count). The number of nitrogens with one attached hydrogen (secondary N) is 1. The second-order valence-electron chi connectivity index (χ2n) is 3.48. The van der Waals surface area contributed by atoms with Crippen molar-refractivity contribution in [3.8, 4) is 0 Å². The molecule has 0 bridgehead atoms. The van der Waals surface area contributed by atoms with Gasteiger partial charge < -0.3 is 15.3 Å². The number of rotatable bonds is 4. The summed E-state index contributed by atoms with van der Waals surface area (Å²) in [5.41, 5.74) is -0.758. The molecule has 0 aliphatic carbocycles. The Labute approximate surface area is 79.9 Å². The Kier molecular flexibility index (Phi) is 4.77. The molecule has 0 aromatic heterocycles. The van der Waals surface area contributed by atoms with Crippen molar-refractivity contribution in [2.45, 2.75) is 32.3 Å². The number of carbonyl (C=O) groups is 1. The summed E-state index contributed by atoms with van der Waals surface area (Å²) in [6, 6.07) is -0.166. The standard InChI is InChI=1S/C9H20N2O2/c1-5-9(13,6-2)7-10-8(12)11(3)4/h13H,5-7H2,1-4H3,(H,10,12). The number of aliphatic hydroxyl groups is 1. The summed E-state index contributed by atoms with van der Waals surface area (Å²) in [4.78, 5) is 12.6. The van der Waals surface area contributed by atoms with E-state index >= 15 is 0 Å². The first-order chi connectivity index (χ1) is 5.95. The van der Waals surface area contributed by atoms with Gasteiger partial charge in [0.2, 0.25) is 0 Å². The Morgan fingerprint density at radius 2 is 1.85 bits per heavy atom. The molecule has 2 amide bonds. The molecular formula is C9H20N2O2. The fourth-order valence-corrected chi connectivity index (χ4v) is 0.898. The van der Waals surface area contributed by atoms with E-state index in [2.05, 4.69) is 5.32 Å². The average molecular weight is 188 g/mol. The Morgan fingerprint density at radius 3 is 2.15 bits per heavy atom. The molecule has 0 aliphatic heterocycles. The van der Waals surface area contributed by atoms with Crippen LogP contribution in [0.5, 0.6) is 0 Å². The summed E-state index contributed by atoms with van der Waals surface area (Å²) < 4.78 is 0. The maximum Gasteiger partial charge on any atom is 0.316 e. The molecule has 0 radical (unpaired) electrons. The average Bonchev–Trinajstić information content (AvgIpc) is 2.13. The van der Waals surface area contributed by atoms with Crippen LogP contribution in [0.4, 0.5) is 4.79 Å². The van der Waals surface area contributed by atoms with Crippen LogP contribution in [0.1, 0.15) is 26.7 Å². The lowest BCUT2D eigenvalue weighted by Gasteiger charge is -2.26. The maximum atomic E-state index is 11.1. The zero-order valence-electron chi connectivity index (χ0n) is 8.92. The monoisotopic (exact) mass is 188 g/mol. The van der Waals surface area contributed by atoms with E-state index in [1.807, 2.05) is 13.8 Å². The number of amides is 2. The second kappa shape index (κ2) is 5.07. The van der Waals surface area contributed by atoms with Gasteiger partial charge in [-0.25, -0.2) is 4.79 Å². The van der Waals surface area contributed by atoms with E-state index in [1.165, 1.54) is 4.90 Å². The first-order valence-electron chi connectivity index (χ1n) is 4.62. The van der Waals surface area contributed by atoms with E-state index in [9.17, 15) is 9.90 Å². The van der Waals surface area contributed by atoms with Crippen molar-refractivity contribution in [3.63, 3.8) is 0 Å². The molecule has 4 nitrogen and oxygen atoms in total. The fourth-order valence-electron chi connectivity index (χ4n) is 0.898. The molecule has 0 unspecified atom stereocenters. The highest BCUT2D eigenvalue weighted by molar-refractivity contribution is 5.73. The molecule has 0 aromatic carbocycles. The van der Waals surface area contributed by atoms with E-state index in [4.69, 9.17) is 0 Å². The highest BCUT2D eigenvalue weighted by Gasteiger charge is 2.22. The van der Waals surface area contributed by atoms with Crippen LogP contribution in [0.2, 0.25) is 0 Å². The van der Waals surface area contributed by atoms with Crippen LogP contribution in [0, 0.1) is 0 Å². The third kappa shape index (κ3) is 4.12. The molecule has 0 atom stereocenters. The zero-order valence-corrected chi connectivity index (χ0v) is 8.92. The van der Waals surface area contributed by atoms with Gasteiger partial charge in [-0.15, -0.1) is 0 Å². The molecule has 0 saturated heterocycles. The maximum absolute atomic E-state index is 11.1. The van der Waals surface area contributed by atoms with Gasteiger partial charge in [-0.1, -0.05) is 13.8 Å². The predicted molar refractivity (Wildman–Crippen MR) is 52.6 cm³/mol. The molecule has 4 heteroatoms. The van der Waals surface area contributed by atoms with Crippen LogP contribution in [0.15, 0.2) is 0 Å². The Hall–Kier alpha value is -0.770. The Morgan fingerprint density at radius 1 is 1.38 bits per heavy atom. The first-order valence-corrected chi connectivity index (χ1v) is 4.62. The van der Waals surface area contributed by atoms with E-state index in [1.54, 1.807) is 14.1 Å². The van der Waals surface area contributed by atoms with Gasteiger partial charge in [0, 0.05) is 20.6 Å². The van der Waals surface area contributed by atoms with Crippen molar-refractivity contribution in [1.29, 1.82) is 0 Å². The van der Waals surface area contributed by atoms with Crippen molar-refractivity contribution in [1.82, 2.24) is 10.2 Å². The number of hydrogen-bond donors (Lipinski definition) is 2. The van der Waals surface area contributed by atoms with E-state index in [0.29, 0.717) is 19.4 Å². The Bertz CT molecular complexity index is 165. The molecule has 2 N–H and O–H groups in total. The van der Waals surface area contributed by atoms with Crippen LogP contribution in [0.25, 0.3) is 0 Å². The molecule has 0 spiro atoms. The molecular weight excluding hydrogens is 168 g/mol. The van der Waals surface area contributed by atoms with Gasteiger partial charge in [-0.2, -0.15) is 0 Å². The molecule has 0 aromatic rings. The van der Waals surface area contributed by atoms with Crippen LogP contribution < -0.4 is 5.32 Å². The highest BCUT2D eigenvalue weighted by Crippen LogP contribution is 2.12. The topological polar surface area (TPSA) is 52.6 Å². The molecule has 0 heterocycles. The van der Waals surface area contributed by atoms with Crippen LogP contribution in [-0.2, 0) is 0 Å². The summed E-state index contributed by atoms with van der Waals surface area (Å²) in [7, 11) is 3.35. The first kappa shape index (κ1) is 12.2. The SMILES string of the molecule is CCC(O)(CC)CNC(=O)N(C)C. The largest absolute Gasteiger partial charge is 0.388 e. The van der Waals surface area contributed by atoms with Crippen molar-refractivity contribution < 1.29 is 9.90 Å². The summed E-state index contributed by atoms with van der Waals surface area (Å²) >= 11 is 0. The van der Waals surface area contributed by atoms with Crippen LogP contribution in [-0.4, -0.2) is 42.3 Å². The summed E-state index contributed by atoms with van der Waals surface area (Å²) in [6.07, 6.45) is 1.30. The second-order valence-corrected chi connectivity index (χ2v) is 3.48. The highest BCUT2D eigenvalue weighted by atomic mass is 16.3. The smallest absolute Gasteiger partial charge is 0.316 e. The van der Waals surface area contributed by atoms with Crippen molar-refractivity contribution in [2.75, 3.05) is 20.6 Å².